The Morgan fingerprint density at radius 1 is 1.40 bits per heavy atom. The van der Waals surface area contributed by atoms with Gasteiger partial charge in [-0.3, -0.25) is 0 Å². The summed E-state index contributed by atoms with van der Waals surface area (Å²) in [6, 6.07) is 6.25. The van der Waals surface area contributed by atoms with Gasteiger partial charge in [-0.2, -0.15) is 0 Å². The predicted molar refractivity (Wildman–Crippen MR) is 76.3 cm³/mol. The van der Waals surface area contributed by atoms with E-state index in [0.29, 0.717) is 0 Å². The second-order valence-corrected chi connectivity index (χ2v) is 5.39. The van der Waals surface area contributed by atoms with Crippen molar-refractivity contribution in [1.82, 2.24) is 14.5 Å². The van der Waals surface area contributed by atoms with E-state index in [9.17, 15) is 0 Å². The third kappa shape index (κ3) is 1.67. The average Bonchev–Trinajstić information content (AvgIpc) is 3.02. The minimum Gasteiger partial charge on any atom is -0.443 e. The second kappa shape index (κ2) is 4.18. The van der Waals surface area contributed by atoms with Crippen molar-refractivity contribution in [1.29, 1.82) is 0 Å². The van der Waals surface area contributed by atoms with Crippen LogP contribution in [0.15, 0.2) is 29.0 Å². The molecule has 102 valence electrons. The number of imidazole rings is 1. The number of nitrogens with two attached hydrogens (primary N) is 1. The van der Waals surface area contributed by atoms with Crippen LogP contribution in [-0.2, 0) is 13.0 Å². The number of benzene rings is 1. The predicted octanol–water partition coefficient (Wildman–Crippen LogP) is 2.27. The Balaban J connectivity index is 1.89. The number of hydrogen-bond donors (Lipinski definition) is 1. The highest BCUT2D eigenvalue weighted by Gasteiger charge is 2.23. The maximum atomic E-state index is 6.11. The van der Waals surface area contributed by atoms with E-state index in [2.05, 4.69) is 16.5 Å². The number of rotatable bonds is 1. The number of hydrogen-bond acceptors (Lipinski definition) is 4. The van der Waals surface area contributed by atoms with Gasteiger partial charge in [-0.25, -0.2) is 9.97 Å². The van der Waals surface area contributed by atoms with E-state index in [-0.39, 0.29) is 6.04 Å². The Hall–Kier alpha value is -2.14. The Bertz CT molecular complexity index is 786. The van der Waals surface area contributed by atoms with Crippen molar-refractivity contribution in [3.05, 3.63) is 36.1 Å². The van der Waals surface area contributed by atoms with Crippen LogP contribution in [0.1, 0.15) is 17.9 Å². The third-order valence-corrected chi connectivity index (χ3v) is 4.05. The molecule has 3 heterocycles. The Morgan fingerprint density at radius 3 is 3.20 bits per heavy atom. The largest absolute Gasteiger partial charge is 0.443 e. The van der Waals surface area contributed by atoms with Gasteiger partial charge >= 0.3 is 0 Å². The maximum Gasteiger partial charge on any atom is 0.181 e. The molecule has 0 aliphatic carbocycles. The minimum atomic E-state index is 0.228. The zero-order valence-corrected chi connectivity index (χ0v) is 11.3. The standard InChI is InChI=1S/C15H16N4O/c1-9-18-15(13-7-11(16)4-5-19(9)13)10-2-3-12-14(6-10)20-8-17-12/h2-3,6,8,11H,4-5,7,16H2,1H3. The van der Waals surface area contributed by atoms with E-state index in [1.54, 1.807) is 0 Å². The van der Waals surface area contributed by atoms with Crippen LogP contribution in [0.4, 0.5) is 0 Å². The molecular weight excluding hydrogens is 252 g/mol. The zero-order chi connectivity index (χ0) is 13.7. The van der Waals surface area contributed by atoms with Gasteiger partial charge in [-0.05, 0) is 25.5 Å². The molecular formula is C15H16N4O. The first kappa shape index (κ1) is 11.7. The lowest BCUT2D eigenvalue weighted by molar-refractivity contribution is 0.466. The van der Waals surface area contributed by atoms with Gasteiger partial charge in [0.2, 0.25) is 0 Å². The van der Waals surface area contributed by atoms with Gasteiger partial charge in [-0.15, -0.1) is 0 Å². The summed E-state index contributed by atoms with van der Waals surface area (Å²) in [5.74, 6) is 1.06. The van der Waals surface area contributed by atoms with Gasteiger partial charge in [0.05, 0.1) is 5.69 Å². The first-order valence-corrected chi connectivity index (χ1v) is 6.87. The van der Waals surface area contributed by atoms with Crippen molar-refractivity contribution >= 4 is 11.1 Å². The van der Waals surface area contributed by atoms with Crippen LogP contribution in [0.3, 0.4) is 0 Å². The normalized spacial score (nSPS) is 18.4. The first-order valence-electron chi connectivity index (χ1n) is 6.87. The molecule has 0 fully saturated rings. The second-order valence-electron chi connectivity index (χ2n) is 5.39. The van der Waals surface area contributed by atoms with Crippen LogP contribution >= 0.6 is 0 Å². The lowest BCUT2D eigenvalue weighted by Gasteiger charge is -2.22. The molecule has 2 aromatic heterocycles. The third-order valence-electron chi connectivity index (χ3n) is 4.05. The Labute approximate surface area is 116 Å². The highest BCUT2D eigenvalue weighted by Crippen LogP contribution is 2.30. The van der Waals surface area contributed by atoms with Crippen LogP contribution in [0.2, 0.25) is 0 Å². The number of fused-ring (bicyclic) bond motifs is 2. The van der Waals surface area contributed by atoms with Crippen LogP contribution in [0.5, 0.6) is 0 Å². The van der Waals surface area contributed by atoms with E-state index < -0.39 is 0 Å². The zero-order valence-electron chi connectivity index (χ0n) is 11.3. The highest BCUT2D eigenvalue weighted by atomic mass is 16.3. The molecule has 0 bridgehead atoms. The minimum absolute atomic E-state index is 0.228. The molecule has 0 amide bonds. The molecule has 20 heavy (non-hydrogen) atoms. The van der Waals surface area contributed by atoms with E-state index in [1.807, 2.05) is 18.2 Å². The van der Waals surface area contributed by atoms with Gasteiger partial charge in [0, 0.05) is 30.3 Å². The fraction of sp³-hybridized carbons (Fsp3) is 0.333. The average molecular weight is 268 g/mol. The van der Waals surface area contributed by atoms with Crippen molar-refractivity contribution in [2.45, 2.75) is 32.4 Å². The molecule has 1 aliphatic rings. The summed E-state index contributed by atoms with van der Waals surface area (Å²) in [5.41, 5.74) is 11.1. The topological polar surface area (TPSA) is 69.9 Å². The molecule has 0 saturated carbocycles. The number of nitrogens with zero attached hydrogens (tertiary/aromatic N) is 3. The van der Waals surface area contributed by atoms with E-state index in [0.717, 1.165) is 47.6 Å². The molecule has 0 spiro atoms. The fourth-order valence-electron chi connectivity index (χ4n) is 2.99. The lowest BCUT2D eigenvalue weighted by Crippen LogP contribution is -2.31. The van der Waals surface area contributed by atoms with Gasteiger partial charge in [-0.1, -0.05) is 6.07 Å². The van der Waals surface area contributed by atoms with Gasteiger partial charge in [0.25, 0.3) is 0 Å². The van der Waals surface area contributed by atoms with E-state index in [1.165, 1.54) is 12.1 Å². The van der Waals surface area contributed by atoms with E-state index >= 15 is 0 Å². The molecule has 5 heteroatoms. The summed E-state index contributed by atoms with van der Waals surface area (Å²) in [6.45, 7) is 3.01. The van der Waals surface area contributed by atoms with Crippen LogP contribution in [0, 0.1) is 6.92 Å². The quantitative estimate of drug-likeness (QED) is 0.735. The maximum absolute atomic E-state index is 6.11. The Kier molecular flexibility index (Phi) is 2.44. The molecule has 5 nitrogen and oxygen atoms in total. The number of aryl methyl sites for hydroxylation is 1. The Morgan fingerprint density at radius 2 is 2.30 bits per heavy atom. The molecule has 1 aliphatic heterocycles. The van der Waals surface area contributed by atoms with Gasteiger partial charge in [0.15, 0.2) is 12.0 Å². The van der Waals surface area contributed by atoms with Gasteiger partial charge in [0.1, 0.15) is 11.3 Å². The summed E-state index contributed by atoms with van der Waals surface area (Å²) in [7, 11) is 0. The monoisotopic (exact) mass is 268 g/mol. The SMILES string of the molecule is Cc1nc(-c2ccc3ncoc3c2)c2n1CCC(N)C2. The smallest absolute Gasteiger partial charge is 0.181 e. The molecule has 1 aromatic carbocycles. The van der Waals surface area contributed by atoms with Crippen LogP contribution < -0.4 is 5.73 Å². The highest BCUT2D eigenvalue weighted by molar-refractivity contribution is 5.79. The summed E-state index contributed by atoms with van der Waals surface area (Å²) in [5, 5.41) is 0. The van der Waals surface area contributed by atoms with Crippen molar-refractivity contribution in [3.8, 4) is 11.3 Å². The van der Waals surface area contributed by atoms with Gasteiger partial charge < -0.3 is 14.7 Å². The molecule has 0 saturated heterocycles. The van der Waals surface area contributed by atoms with E-state index in [4.69, 9.17) is 15.1 Å². The summed E-state index contributed by atoms with van der Waals surface area (Å²) >= 11 is 0. The molecule has 0 radical (unpaired) electrons. The lowest BCUT2D eigenvalue weighted by atomic mass is 10.0. The molecule has 4 rings (SSSR count). The molecule has 3 aromatic rings. The first-order chi connectivity index (χ1) is 9.72. The number of aromatic nitrogens is 3. The molecule has 1 atom stereocenters. The van der Waals surface area contributed by atoms with Crippen LogP contribution in [0.25, 0.3) is 22.4 Å². The van der Waals surface area contributed by atoms with Crippen LogP contribution in [-0.4, -0.2) is 20.6 Å². The van der Waals surface area contributed by atoms with Crippen molar-refractivity contribution < 1.29 is 4.42 Å². The summed E-state index contributed by atoms with van der Waals surface area (Å²) in [6.07, 6.45) is 3.37. The fourth-order valence-corrected chi connectivity index (χ4v) is 2.99. The molecule has 2 N–H and O–H groups in total. The number of oxazole rings is 1. The van der Waals surface area contributed by atoms with Crippen molar-refractivity contribution in [2.24, 2.45) is 5.73 Å². The summed E-state index contributed by atoms with van der Waals surface area (Å²) in [4.78, 5) is 8.88. The summed E-state index contributed by atoms with van der Waals surface area (Å²) < 4.78 is 7.66. The van der Waals surface area contributed by atoms with Crippen molar-refractivity contribution in [3.63, 3.8) is 0 Å². The van der Waals surface area contributed by atoms with Crippen molar-refractivity contribution in [2.75, 3.05) is 0 Å². The molecule has 1 unspecified atom stereocenters.